The van der Waals surface area contributed by atoms with E-state index >= 15 is 0 Å². The van der Waals surface area contributed by atoms with E-state index in [9.17, 15) is 18.8 Å². The van der Waals surface area contributed by atoms with Crippen LogP contribution in [-0.2, 0) is 19.1 Å². The third-order valence-electron chi connectivity index (χ3n) is 9.52. The van der Waals surface area contributed by atoms with Gasteiger partial charge in [-0.05, 0) is 119 Å². The van der Waals surface area contributed by atoms with Crippen LogP contribution in [0.1, 0.15) is 39.2 Å². The molecular weight excluding hydrogens is 898 g/mol. The van der Waals surface area contributed by atoms with Crippen LogP contribution in [0.15, 0.2) is 135 Å². The van der Waals surface area contributed by atoms with Crippen LogP contribution >= 0.6 is 0 Å². The zero-order chi connectivity index (χ0) is 49.9. The van der Waals surface area contributed by atoms with Crippen molar-refractivity contribution in [3.8, 4) is 11.5 Å². The Morgan fingerprint density at radius 2 is 1.30 bits per heavy atom. The first-order valence-electron chi connectivity index (χ1n) is 22.3. The number of rotatable bonds is 19. The van der Waals surface area contributed by atoms with Crippen molar-refractivity contribution in [2.45, 2.75) is 52.2 Å². The van der Waals surface area contributed by atoms with E-state index in [0.29, 0.717) is 60.8 Å². The molecule has 0 aliphatic carbocycles. The molecule has 7 rings (SSSR count). The van der Waals surface area contributed by atoms with Gasteiger partial charge >= 0.3 is 6.09 Å². The number of aromatic nitrogens is 4. The van der Waals surface area contributed by atoms with Gasteiger partial charge in [0.2, 0.25) is 23.7 Å². The summed E-state index contributed by atoms with van der Waals surface area (Å²) in [4.78, 5) is 52.0. The van der Waals surface area contributed by atoms with Crippen LogP contribution in [0, 0.1) is 12.7 Å². The highest BCUT2D eigenvalue weighted by molar-refractivity contribution is 5.99. The number of amides is 3. The molecule has 1 fully saturated rings. The lowest BCUT2D eigenvalue weighted by Crippen LogP contribution is -2.33. The Morgan fingerprint density at radius 3 is 1.91 bits per heavy atom. The van der Waals surface area contributed by atoms with Crippen molar-refractivity contribution in [1.82, 2.24) is 25.3 Å². The molecule has 19 heteroatoms. The van der Waals surface area contributed by atoms with Gasteiger partial charge < -0.3 is 56.2 Å². The molecule has 0 spiro atoms. The summed E-state index contributed by atoms with van der Waals surface area (Å²) in [5.74, 6) is 1.45. The quantitative estimate of drug-likeness (QED) is 0.0296. The molecule has 6 aromatic rings. The van der Waals surface area contributed by atoms with E-state index < -0.39 is 17.5 Å². The Bertz CT molecular complexity index is 2750. The second kappa shape index (κ2) is 25.0. The second-order valence-corrected chi connectivity index (χ2v) is 16.5. The molecule has 1 unspecified atom stereocenters. The zero-order valence-corrected chi connectivity index (χ0v) is 39.3. The van der Waals surface area contributed by atoms with E-state index in [1.807, 2.05) is 88.4 Å². The summed E-state index contributed by atoms with van der Waals surface area (Å²) in [6.07, 6.45) is 6.33. The Kier molecular flexibility index (Phi) is 18.1. The number of aryl methyl sites for hydroxylation is 1. The van der Waals surface area contributed by atoms with Crippen molar-refractivity contribution < 1.29 is 37.7 Å². The molecule has 3 heterocycles. The van der Waals surface area contributed by atoms with Crippen LogP contribution in [0.3, 0.4) is 0 Å². The molecule has 1 aliphatic rings. The summed E-state index contributed by atoms with van der Waals surface area (Å²) in [7, 11) is 0. The van der Waals surface area contributed by atoms with Crippen molar-refractivity contribution in [3.05, 3.63) is 146 Å². The average molecular weight is 954 g/mol. The molecular formula is C51H56FN11O7. The van der Waals surface area contributed by atoms with Crippen molar-refractivity contribution >= 4 is 75.6 Å². The first-order chi connectivity index (χ1) is 33.7. The van der Waals surface area contributed by atoms with E-state index in [2.05, 4.69) is 70.3 Å². The number of carbonyl (C=O) groups excluding carboxylic acids is 3. The number of carbonyl (C=O) groups is 3. The SMILES string of the molecule is C=CC(=O)Nc1cccc(Nc2nc(Nc3ccc(OC4CCOC4)cc3)ncc2F)c1.C=CC(=O)Nc1cccc(Nc2nc(Nc3cccc(OCCCNC(=O)OC(C)(C)C)c3)ncc2C)c1. The fourth-order valence-electron chi connectivity index (χ4n) is 6.26. The molecule has 18 nitrogen and oxygen atoms in total. The van der Waals surface area contributed by atoms with Crippen LogP contribution in [0.5, 0.6) is 11.5 Å². The van der Waals surface area contributed by atoms with Crippen LogP contribution in [0.4, 0.5) is 66.8 Å². The average Bonchev–Trinajstić information content (AvgIpc) is 3.85. The van der Waals surface area contributed by atoms with Gasteiger partial charge in [-0.25, -0.2) is 19.2 Å². The lowest BCUT2D eigenvalue weighted by molar-refractivity contribution is -0.112. The molecule has 0 bridgehead atoms. The highest BCUT2D eigenvalue weighted by Gasteiger charge is 2.18. The number of ether oxygens (including phenoxy) is 4. The summed E-state index contributed by atoms with van der Waals surface area (Å²) in [5.41, 5.74) is 4.31. The van der Waals surface area contributed by atoms with Gasteiger partial charge in [0, 0.05) is 64.9 Å². The number of hydrogen-bond acceptors (Lipinski definition) is 15. The number of nitrogens with one attached hydrogen (secondary N) is 7. The van der Waals surface area contributed by atoms with E-state index in [1.54, 1.807) is 42.6 Å². The number of hydrogen-bond donors (Lipinski definition) is 7. The maximum atomic E-state index is 14.3. The van der Waals surface area contributed by atoms with E-state index in [4.69, 9.17) is 18.9 Å². The normalized spacial score (nSPS) is 12.7. The predicted octanol–water partition coefficient (Wildman–Crippen LogP) is 10.1. The topological polar surface area (TPSA) is 224 Å². The number of anilines is 10. The Hall–Kier alpha value is -8.58. The Balaban J connectivity index is 0.000000233. The number of nitrogens with zero attached hydrogens (tertiary/aromatic N) is 4. The van der Waals surface area contributed by atoms with Crippen LogP contribution in [0.25, 0.3) is 0 Å². The van der Waals surface area contributed by atoms with Crippen LogP contribution < -0.4 is 46.7 Å². The molecule has 1 atom stereocenters. The summed E-state index contributed by atoms with van der Waals surface area (Å²) < 4.78 is 36.5. The minimum Gasteiger partial charge on any atom is -0.493 e. The molecule has 4 aromatic carbocycles. The molecule has 364 valence electrons. The molecule has 7 N–H and O–H groups in total. The monoisotopic (exact) mass is 953 g/mol. The number of alkyl carbamates (subject to hydrolysis) is 1. The smallest absolute Gasteiger partial charge is 0.407 e. The number of halogens is 1. The Labute approximate surface area is 405 Å². The van der Waals surface area contributed by atoms with Gasteiger partial charge in [-0.15, -0.1) is 0 Å². The molecule has 2 aromatic heterocycles. The second-order valence-electron chi connectivity index (χ2n) is 16.5. The summed E-state index contributed by atoms with van der Waals surface area (Å²) in [6.45, 7) is 16.5. The maximum Gasteiger partial charge on any atom is 0.407 e. The predicted molar refractivity (Wildman–Crippen MR) is 270 cm³/mol. The standard InChI is InChI=1S/C28H34N6O4.C23H22FN5O3/c1-6-24(35)31-20-10-7-11-21(16-20)32-25-19(2)18-30-26(34-25)33-22-12-8-13-23(17-22)37-15-9-14-29-27(36)38-28(3,4)5;1-2-21(30)26-16-4-3-5-17(12-16)27-22-20(24)13-25-23(29-22)28-15-6-8-18(9-7-15)32-19-10-11-31-14-19/h6-8,10-13,16-18H,1,9,14-15H2,2-5H3,(H,29,36)(H,31,35)(H2,30,32,33,34);2-9,12-13,19H,1,10-11,14H2,(H,26,30)(H2,25,27,28,29). The van der Waals surface area contributed by atoms with Gasteiger partial charge in [0.25, 0.3) is 0 Å². The third kappa shape index (κ3) is 16.9. The lowest BCUT2D eigenvalue weighted by atomic mass is 10.2. The molecule has 1 aliphatic heterocycles. The van der Waals surface area contributed by atoms with Gasteiger partial charge in [0.15, 0.2) is 11.6 Å². The zero-order valence-electron chi connectivity index (χ0n) is 39.3. The molecule has 1 saturated heterocycles. The largest absolute Gasteiger partial charge is 0.493 e. The van der Waals surface area contributed by atoms with Crippen molar-refractivity contribution in [2.24, 2.45) is 0 Å². The van der Waals surface area contributed by atoms with Crippen molar-refractivity contribution in [2.75, 3.05) is 58.3 Å². The first-order valence-corrected chi connectivity index (χ1v) is 22.3. The molecule has 0 radical (unpaired) electrons. The molecule has 70 heavy (non-hydrogen) atoms. The molecule has 3 amide bonds. The maximum absolute atomic E-state index is 14.3. The van der Waals surface area contributed by atoms with Gasteiger partial charge in [0.05, 0.1) is 26.0 Å². The lowest BCUT2D eigenvalue weighted by Gasteiger charge is -2.19. The van der Waals surface area contributed by atoms with Gasteiger partial charge in [-0.2, -0.15) is 9.97 Å². The highest BCUT2D eigenvalue weighted by atomic mass is 19.1. The van der Waals surface area contributed by atoms with Gasteiger partial charge in [0.1, 0.15) is 29.0 Å². The first kappa shape index (κ1) is 50.8. The fourth-order valence-corrected chi connectivity index (χ4v) is 6.26. The fraction of sp³-hybridized carbons (Fsp3) is 0.235. The van der Waals surface area contributed by atoms with Crippen LogP contribution in [0.2, 0.25) is 0 Å². The summed E-state index contributed by atoms with van der Waals surface area (Å²) in [6, 6.07) is 28.9. The van der Waals surface area contributed by atoms with Crippen molar-refractivity contribution in [3.63, 3.8) is 0 Å². The Morgan fingerprint density at radius 1 is 0.729 bits per heavy atom. The van der Waals surface area contributed by atoms with E-state index in [0.717, 1.165) is 47.6 Å². The van der Waals surface area contributed by atoms with Gasteiger partial charge in [-0.1, -0.05) is 31.4 Å². The van der Waals surface area contributed by atoms with E-state index in [-0.39, 0.29) is 29.7 Å². The highest BCUT2D eigenvalue weighted by Crippen LogP contribution is 2.27. The minimum atomic E-state index is -0.612. The van der Waals surface area contributed by atoms with E-state index in [1.165, 1.54) is 12.2 Å². The van der Waals surface area contributed by atoms with Crippen molar-refractivity contribution in [1.29, 1.82) is 0 Å². The minimum absolute atomic E-state index is 0.00381. The van der Waals surface area contributed by atoms with Crippen LogP contribution in [-0.4, -0.2) is 75.9 Å². The van der Waals surface area contributed by atoms with Gasteiger partial charge in [-0.3, -0.25) is 9.59 Å². The number of benzene rings is 4. The third-order valence-corrected chi connectivity index (χ3v) is 9.52. The molecule has 0 saturated carbocycles. The summed E-state index contributed by atoms with van der Waals surface area (Å²) in [5, 5.41) is 20.5. The summed E-state index contributed by atoms with van der Waals surface area (Å²) >= 11 is 0.